The minimum atomic E-state index is -3.25. The summed E-state index contributed by atoms with van der Waals surface area (Å²) in [7, 11) is -3.25. The van der Waals surface area contributed by atoms with Gasteiger partial charge < -0.3 is 5.32 Å². The molecule has 2 rings (SSSR count). The summed E-state index contributed by atoms with van der Waals surface area (Å²) in [5.74, 6) is 0. The topological polar surface area (TPSA) is 49.4 Å². The van der Waals surface area contributed by atoms with Crippen LogP contribution in [0.25, 0.3) is 0 Å². The molecule has 1 fully saturated rings. The van der Waals surface area contributed by atoms with Crippen LogP contribution in [0.5, 0.6) is 0 Å². The Morgan fingerprint density at radius 1 is 1.56 bits per heavy atom. The van der Waals surface area contributed by atoms with Gasteiger partial charge in [0.25, 0.3) is 10.0 Å². The van der Waals surface area contributed by atoms with Gasteiger partial charge in [-0.05, 0) is 30.8 Å². The highest BCUT2D eigenvalue weighted by molar-refractivity contribution is 7.91. The molecular formula is C12H20N2O2S2. The Morgan fingerprint density at radius 2 is 2.39 bits per heavy atom. The first-order valence-corrected chi connectivity index (χ1v) is 8.73. The van der Waals surface area contributed by atoms with Crippen molar-refractivity contribution < 1.29 is 8.42 Å². The van der Waals surface area contributed by atoms with Crippen molar-refractivity contribution in [3.63, 3.8) is 0 Å². The Bertz CT molecular complexity index is 456. The molecule has 0 amide bonds. The summed E-state index contributed by atoms with van der Waals surface area (Å²) in [5, 5.41) is 5.23. The quantitative estimate of drug-likeness (QED) is 0.813. The predicted molar refractivity (Wildman–Crippen MR) is 74.4 cm³/mol. The summed E-state index contributed by atoms with van der Waals surface area (Å²) in [6.07, 6.45) is 3.22. The van der Waals surface area contributed by atoms with E-state index in [9.17, 15) is 8.42 Å². The molecule has 102 valence electrons. The van der Waals surface area contributed by atoms with Gasteiger partial charge in [-0.1, -0.05) is 19.4 Å². The van der Waals surface area contributed by atoms with Crippen LogP contribution < -0.4 is 5.32 Å². The summed E-state index contributed by atoms with van der Waals surface area (Å²) in [4.78, 5) is 0. The third-order valence-corrected chi connectivity index (χ3v) is 6.44. The molecule has 0 radical (unpaired) electrons. The van der Waals surface area contributed by atoms with Crippen LogP contribution in [0.15, 0.2) is 21.7 Å². The van der Waals surface area contributed by atoms with Crippen molar-refractivity contribution in [3.8, 4) is 0 Å². The number of thiophene rings is 1. The van der Waals surface area contributed by atoms with E-state index in [1.54, 1.807) is 21.8 Å². The molecule has 1 aliphatic rings. The molecule has 2 heterocycles. The standard InChI is InChI=1S/C12H20N2O2S2/c1-2-3-7-13-11-6-8-14(10-11)18(15,16)12-5-4-9-17-12/h4-5,9,11,13H,2-3,6-8,10H2,1H3. The predicted octanol–water partition coefficient (Wildman–Crippen LogP) is 1.90. The van der Waals surface area contributed by atoms with Crippen LogP contribution in [0.1, 0.15) is 26.2 Å². The van der Waals surface area contributed by atoms with Gasteiger partial charge in [0.2, 0.25) is 0 Å². The fourth-order valence-corrected chi connectivity index (χ4v) is 4.78. The molecule has 1 saturated heterocycles. The number of unbranched alkanes of at least 4 members (excludes halogenated alkanes) is 1. The molecule has 0 bridgehead atoms. The molecule has 18 heavy (non-hydrogen) atoms. The van der Waals surface area contributed by atoms with E-state index in [0.29, 0.717) is 23.3 Å². The Balaban J connectivity index is 1.92. The Kier molecular flexibility index (Phi) is 4.77. The maximum atomic E-state index is 12.3. The Hall–Kier alpha value is -0.430. The molecule has 1 atom stereocenters. The van der Waals surface area contributed by atoms with Crippen LogP contribution in [-0.4, -0.2) is 38.4 Å². The highest BCUT2D eigenvalue weighted by atomic mass is 32.2. The lowest BCUT2D eigenvalue weighted by molar-refractivity contribution is 0.456. The van der Waals surface area contributed by atoms with Crippen molar-refractivity contribution in [1.29, 1.82) is 0 Å². The fourth-order valence-electron chi connectivity index (χ4n) is 2.13. The first-order chi connectivity index (χ1) is 8.64. The first kappa shape index (κ1) is 14.0. The molecule has 1 aromatic heterocycles. The van der Waals surface area contributed by atoms with Gasteiger partial charge in [0.1, 0.15) is 4.21 Å². The first-order valence-electron chi connectivity index (χ1n) is 6.41. The lowest BCUT2D eigenvalue weighted by atomic mass is 10.2. The zero-order valence-electron chi connectivity index (χ0n) is 10.6. The summed E-state index contributed by atoms with van der Waals surface area (Å²) in [6.45, 7) is 4.37. The lowest BCUT2D eigenvalue weighted by Gasteiger charge is -2.16. The maximum Gasteiger partial charge on any atom is 0.252 e. The zero-order valence-corrected chi connectivity index (χ0v) is 12.3. The molecule has 0 aliphatic carbocycles. The van der Waals surface area contributed by atoms with Crippen LogP contribution in [0.4, 0.5) is 0 Å². The van der Waals surface area contributed by atoms with E-state index in [0.717, 1.165) is 25.8 Å². The monoisotopic (exact) mass is 288 g/mol. The van der Waals surface area contributed by atoms with Gasteiger partial charge in [0.15, 0.2) is 0 Å². The van der Waals surface area contributed by atoms with Gasteiger partial charge in [-0.2, -0.15) is 4.31 Å². The second-order valence-electron chi connectivity index (χ2n) is 4.59. The Labute approximate surface area is 113 Å². The number of rotatable bonds is 6. The van der Waals surface area contributed by atoms with E-state index >= 15 is 0 Å². The molecule has 0 spiro atoms. The molecule has 1 unspecified atom stereocenters. The second kappa shape index (κ2) is 6.14. The van der Waals surface area contributed by atoms with E-state index < -0.39 is 10.0 Å². The number of sulfonamides is 1. The average Bonchev–Trinajstić information content (AvgIpc) is 3.01. The van der Waals surface area contributed by atoms with Crippen LogP contribution in [-0.2, 0) is 10.0 Å². The third kappa shape index (κ3) is 3.12. The van der Waals surface area contributed by atoms with Gasteiger partial charge in [-0.15, -0.1) is 11.3 Å². The van der Waals surface area contributed by atoms with Crippen LogP contribution >= 0.6 is 11.3 Å². The molecule has 0 aromatic carbocycles. The van der Waals surface area contributed by atoms with E-state index in [2.05, 4.69) is 12.2 Å². The van der Waals surface area contributed by atoms with Crippen molar-refractivity contribution in [2.24, 2.45) is 0 Å². The van der Waals surface area contributed by atoms with Crippen molar-refractivity contribution in [1.82, 2.24) is 9.62 Å². The van der Waals surface area contributed by atoms with Crippen LogP contribution in [0.2, 0.25) is 0 Å². The van der Waals surface area contributed by atoms with Gasteiger partial charge in [-0.3, -0.25) is 0 Å². The molecule has 6 heteroatoms. The van der Waals surface area contributed by atoms with E-state index in [1.165, 1.54) is 11.3 Å². The van der Waals surface area contributed by atoms with Gasteiger partial charge in [0, 0.05) is 19.1 Å². The molecule has 1 aromatic rings. The zero-order chi connectivity index (χ0) is 13.0. The van der Waals surface area contributed by atoms with Crippen LogP contribution in [0.3, 0.4) is 0 Å². The fraction of sp³-hybridized carbons (Fsp3) is 0.667. The number of hydrogen-bond acceptors (Lipinski definition) is 4. The number of nitrogens with one attached hydrogen (secondary N) is 1. The third-order valence-electron chi connectivity index (χ3n) is 3.20. The van der Waals surface area contributed by atoms with Crippen LogP contribution in [0, 0.1) is 0 Å². The summed E-state index contributed by atoms with van der Waals surface area (Å²) < 4.78 is 26.6. The molecule has 1 N–H and O–H groups in total. The molecule has 1 aliphatic heterocycles. The van der Waals surface area contributed by atoms with Gasteiger partial charge >= 0.3 is 0 Å². The normalized spacial score (nSPS) is 21.5. The van der Waals surface area contributed by atoms with Crippen molar-refractivity contribution >= 4 is 21.4 Å². The molecular weight excluding hydrogens is 268 g/mol. The summed E-state index contributed by atoms with van der Waals surface area (Å²) in [5.41, 5.74) is 0. The molecule has 4 nitrogen and oxygen atoms in total. The van der Waals surface area contributed by atoms with Gasteiger partial charge in [0.05, 0.1) is 0 Å². The SMILES string of the molecule is CCCCNC1CCN(S(=O)(=O)c2cccs2)C1. The highest BCUT2D eigenvalue weighted by Gasteiger charge is 2.32. The van der Waals surface area contributed by atoms with E-state index in [1.807, 2.05) is 0 Å². The second-order valence-corrected chi connectivity index (χ2v) is 7.70. The summed E-state index contributed by atoms with van der Waals surface area (Å²) in [6, 6.07) is 3.77. The number of hydrogen-bond donors (Lipinski definition) is 1. The molecule has 0 saturated carbocycles. The number of nitrogens with zero attached hydrogens (tertiary/aromatic N) is 1. The maximum absolute atomic E-state index is 12.3. The lowest BCUT2D eigenvalue weighted by Crippen LogP contribution is -2.35. The van der Waals surface area contributed by atoms with Crippen molar-refractivity contribution in [3.05, 3.63) is 17.5 Å². The van der Waals surface area contributed by atoms with E-state index in [-0.39, 0.29) is 0 Å². The van der Waals surface area contributed by atoms with Crippen molar-refractivity contribution in [2.45, 2.75) is 36.4 Å². The summed E-state index contributed by atoms with van der Waals surface area (Å²) >= 11 is 1.29. The average molecular weight is 288 g/mol. The minimum absolute atomic E-state index is 0.311. The highest BCUT2D eigenvalue weighted by Crippen LogP contribution is 2.24. The smallest absolute Gasteiger partial charge is 0.252 e. The minimum Gasteiger partial charge on any atom is -0.313 e. The van der Waals surface area contributed by atoms with E-state index in [4.69, 9.17) is 0 Å². The Morgan fingerprint density at radius 3 is 3.06 bits per heavy atom. The van der Waals surface area contributed by atoms with Crippen molar-refractivity contribution in [2.75, 3.05) is 19.6 Å². The van der Waals surface area contributed by atoms with Gasteiger partial charge in [-0.25, -0.2) is 8.42 Å². The largest absolute Gasteiger partial charge is 0.313 e.